The van der Waals surface area contributed by atoms with Crippen LogP contribution in [0.4, 0.5) is 5.82 Å². The molecule has 0 atom stereocenters. The Labute approximate surface area is 195 Å². The fourth-order valence-corrected chi connectivity index (χ4v) is 4.66. The summed E-state index contributed by atoms with van der Waals surface area (Å²) in [5, 5.41) is 0. The van der Waals surface area contributed by atoms with Crippen LogP contribution in [0.15, 0.2) is 48.9 Å². The van der Waals surface area contributed by atoms with Crippen molar-refractivity contribution >= 4 is 11.5 Å². The van der Waals surface area contributed by atoms with Gasteiger partial charge in [-0.2, -0.15) is 0 Å². The molecule has 0 spiro atoms. The molecule has 0 aliphatic carbocycles. The topological polar surface area (TPSA) is 59.2 Å². The largest absolute Gasteiger partial charge is 0.356 e. The summed E-state index contributed by atoms with van der Waals surface area (Å²) in [6, 6.07) is 10.7. The summed E-state index contributed by atoms with van der Waals surface area (Å²) in [7, 11) is 0. The van der Waals surface area contributed by atoms with Crippen LogP contribution in [0.3, 0.4) is 0 Å². The number of aryl methyl sites for hydroxylation is 2. The van der Waals surface area contributed by atoms with Gasteiger partial charge < -0.3 is 9.30 Å². The van der Waals surface area contributed by atoms with E-state index < -0.39 is 0 Å². The van der Waals surface area contributed by atoms with Crippen LogP contribution in [-0.2, 0) is 12.8 Å². The van der Waals surface area contributed by atoms with Gasteiger partial charge >= 0.3 is 0 Å². The van der Waals surface area contributed by atoms with Crippen molar-refractivity contribution in [2.75, 3.05) is 18.0 Å². The number of fused-ring (bicyclic) bond motifs is 1. The summed E-state index contributed by atoms with van der Waals surface area (Å²) in [4.78, 5) is 21.6. The first kappa shape index (κ1) is 21.6. The Bertz CT molecular complexity index is 1260. The number of rotatable bonds is 5. The highest BCUT2D eigenvalue weighted by molar-refractivity contribution is 5.45. The van der Waals surface area contributed by atoms with Crippen molar-refractivity contribution in [1.29, 1.82) is 0 Å². The summed E-state index contributed by atoms with van der Waals surface area (Å²) in [5.41, 5.74) is 6.88. The fraction of sp³-hybridized carbons (Fsp3) is 0.407. The molecule has 5 rings (SSSR count). The molecule has 0 amide bonds. The maximum absolute atomic E-state index is 5.00. The molecule has 0 aromatic carbocycles. The molecule has 1 aliphatic rings. The number of pyridine rings is 2. The molecule has 0 saturated carbocycles. The number of piperidine rings is 1. The number of imidazole rings is 1. The van der Waals surface area contributed by atoms with E-state index in [1.807, 2.05) is 23.7 Å². The lowest BCUT2D eigenvalue weighted by atomic mass is 9.83. The first-order valence-corrected chi connectivity index (χ1v) is 11.8. The van der Waals surface area contributed by atoms with E-state index in [0.717, 1.165) is 53.9 Å². The summed E-state index contributed by atoms with van der Waals surface area (Å²) < 4.78 is 2.03. The van der Waals surface area contributed by atoms with Crippen LogP contribution >= 0.6 is 0 Å². The zero-order chi connectivity index (χ0) is 23.0. The molecular weight excluding hydrogens is 408 g/mol. The lowest BCUT2D eigenvalue weighted by molar-refractivity contribution is 0.279. The molecule has 1 fully saturated rings. The molecular formula is C27H32N6. The SMILES string of the molecule is Cc1cc(C)nc(Cc2nc(Cc3ccn4ccnc4c3)cc(N3CCC(C)(C)CC3)n2)c1. The van der Waals surface area contributed by atoms with Crippen LogP contribution in [0.2, 0.25) is 0 Å². The van der Waals surface area contributed by atoms with Gasteiger partial charge in [0, 0.05) is 55.6 Å². The molecule has 5 heterocycles. The van der Waals surface area contributed by atoms with Crippen molar-refractivity contribution in [3.05, 3.63) is 83.0 Å². The average molecular weight is 441 g/mol. The van der Waals surface area contributed by atoms with Gasteiger partial charge in [0.15, 0.2) is 0 Å². The van der Waals surface area contributed by atoms with Crippen LogP contribution in [0.25, 0.3) is 5.65 Å². The van der Waals surface area contributed by atoms with Crippen molar-refractivity contribution in [2.45, 2.75) is 53.4 Å². The predicted molar refractivity (Wildman–Crippen MR) is 132 cm³/mol. The molecule has 6 nitrogen and oxygen atoms in total. The summed E-state index contributed by atoms with van der Waals surface area (Å²) in [6.07, 6.45) is 9.61. The Hall–Kier alpha value is -3.28. The number of hydrogen-bond donors (Lipinski definition) is 0. The number of aromatic nitrogens is 5. The average Bonchev–Trinajstić information content (AvgIpc) is 3.20. The highest BCUT2D eigenvalue weighted by Gasteiger charge is 2.26. The molecule has 0 unspecified atom stereocenters. The third-order valence-electron chi connectivity index (χ3n) is 6.59. The Morgan fingerprint density at radius 3 is 2.45 bits per heavy atom. The Kier molecular flexibility index (Phi) is 5.60. The third-order valence-corrected chi connectivity index (χ3v) is 6.59. The van der Waals surface area contributed by atoms with Crippen molar-refractivity contribution in [3.8, 4) is 0 Å². The summed E-state index contributed by atoms with van der Waals surface area (Å²) in [6.45, 7) is 10.9. The van der Waals surface area contributed by atoms with E-state index in [0.29, 0.717) is 11.8 Å². The van der Waals surface area contributed by atoms with Crippen LogP contribution in [0.5, 0.6) is 0 Å². The maximum atomic E-state index is 5.00. The van der Waals surface area contributed by atoms with Crippen molar-refractivity contribution < 1.29 is 0 Å². The van der Waals surface area contributed by atoms with Gasteiger partial charge in [-0.05, 0) is 67.5 Å². The van der Waals surface area contributed by atoms with E-state index >= 15 is 0 Å². The van der Waals surface area contributed by atoms with Gasteiger partial charge in [-0.25, -0.2) is 15.0 Å². The summed E-state index contributed by atoms with van der Waals surface area (Å²) >= 11 is 0. The second-order valence-corrected chi connectivity index (χ2v) is 10.1. The number of hydrogen-bond acceptors (Lipinski definition) is 5. The van der Waals surface area contributed by atoms with Crippen molar-refractivity contribution in [1.82, 2.24) is 24.3 Å². The van der Waals surface area contributed by atoms with E-state index in [1.165, 1.54) is 24.0 Å². The monoisotopic (exact) mass is 440 g/mol. The molecule has 0 bridgehead atoms. The van der Waals surface area contributed by atoms with E-state index in [4.69, 9.17) is 15.0 Å². The van der Waals surface area contributed by atoms with E-state index in [2.05, 4.69) is 67.2 Å². The zero-order valence-electron chi connectivity index (χ0n) is 20.0. The van der Waals surface area contributed by atoms with Crippen LogP contribution in [-0.4, -0.2) is 37.4 Å². The van der Waals surface area contributed by atoms with E-state index in [9.17, 15) is 0 Å². The summed E-state index contributed by atoms with van der Waals surface area (Å²) in [5.74, 6) is 1.88. The molecule has 33 heavy (non-hydrogen) atoms. The van der Waals surface area contributed by atoms with Crippen LogP contribution < -0.4 is 4.90 Å². The zero-order valence-corrected chi connectivity index (χ0v) is 20.0. The smallest absolute Gasteiger partial charge is 0.136 e. The first-order valence-electron chi connectivity index (χ1n) is 11.8. The standard InChI is InChI=1S/C27H32N6/c1-19-13-20(2)29-22(14-19)17-24-30-23(15-21-5-9-32-12-8-28-25(32)16-21)18-26(31-24)33-10-6-27(3,4)7-11-33/h5,8-9,12-14,16,18H,6-7,10-11,15,17H2,1-4H3. The number of nitrogens with zero attached hydrogens (tertiary/aromatic N) is 6. The minimum Gasteiger partial charge on any atom is -0.356 e. The van der Waals surface area contributed by atoms with Crippen LogP contribution in [0.1, 0.15) is 60.7 Å². The number of anilines is 1. The molecule has 1 saturated heterocycles. The van der Waals surface area contributed by atoms with Gasteiger partial charge in [-0.3, -0.25) is 4.98 Å². The van der Waals surface area contributed by atoms with Gasteiger partial charge in [-0.1, -0.05) is 13.8 Å². The molecule has 1 aliphatic heterocycles. The second-order valence-electron chi connectivity index (χ2n) is 10.1. The second kappa shape index (κ2) is 8.58. The normalized spacial score (nSPS) is 15.8. The molecule has 0 N–H and O–H groups in total. The van der Waals surface area contributed by atoms with Gasteiger partial charge in [0.05, 0.1) is 12.1 Å². The lowest BCUT2D eigenvalue weighted by Crippen LogP contribution is -2.38. The van der Waals surface area contributed by atoms with E-state index in [1.54, 1.807) is 0 Å². The van der Waals surface area contributed by atoms with Gasteiger partial charge in [-0.15, -0.1) is 0 Å². The molecule has 6 heteroatoms. The van der Waals surface area contributed by atoms with Crippen molar-refractivity contribution in [2.24, 2.45) is 5.41 Å². The van der Waals surface area contributed by atoms with Gasteiger partial charge in [0.25, 0.3) is 0 Å². The maximum Gasteiger partial charge on any atom is 0.136 e. The first-order chi connectivity index (χ1) is 15.8. The Morgan fingerprint density at radius 1 is 0.879 bits per heavy atom. The minimum atomic E-state index is 0.401. The fourth-order valence-electron chi connectivity index (χ4n) is 4.66. The van der Waals surface area contributed by atoms with E-state index in [-0.39, 0.29) is 0 Å². The molecule has 170 valence electrons. The minimum absolute atomic E-state index is 0.401. The Balaban J connectivity index is 1.47. The highest BCUT2D eigenvalue weighted by atomic mass is 15.2. The van der Waals surface area contributed by atoms with Crippen molar-refractivity contribution in [3.63, 3.8) is 0 Å². The van der Waals surface area contributed by atoms with Gasteiger partial charge in [0.2, 0.25) is 0 Å². The third kappa shape index (κ3) is 5.05. The molecule has 0 radical (unpaired) electrons. The van der Waals surface area contributed by atoms with Gasteiger partial charge in [0.1, 0.15) is 17.3 Å². The predicted octanol–water partition coefficient (Wildman–Crippen LogP) is 4.94. The lowest BCUT2D eigenvalue weighted by Gasteiger charge is -2.37. The molecule has 4 aromatic rings. The Morgan fingerprint density at radius 2 is 1.67 bits per heavy atom. The van der Waals surface area contributed by atoms with Crippen LogP contribution in [0, 0.1) is 19.3 Å². The highest BCUT2D eigenvalue weighted by Crippen LogP contribution is 2.32. The molecule has 4 aromatic heterocycles. The quantitative estimate of drug-likeness (QED) is 0.440.